The van der Waals surface area contributed by atoms with E-state index in [1.165, 1.54) is 0 Å². The first-order valence-corrected chi connectivity index (χ1v) is 4.43. The minimum atomic E-state index is -0.932. The van der Waals surface area contributed by atoms with Crippen LogP contribution in [-0.4, -0.2) is 11.1 Å². The van der Waals surface area contributed by atoms with Gasteiger partial charge in [0.1, 0.15) is 0 Å². The van der Waals surface area contributed by atoms with Gasteiger partial charge in [-0.1, -0.05) is 12.1 Å². The van der Waals surface area contributed by atoms with Crippen LogP contribution in [0.3, 0.4) is 0 Å². The Balaban J connectivity index is 2.32. The molecule has 1 saturated carbocycles. The molecule has 0 spiro atoms. The summed E-state index contributed by atoms with van der Waals surface area (Å²) >= 11 is 0. The highest BCUT2D eigenvalue weighted by Gasteiger charge is 2.44. The van der Waals surface area contributed by atoms with Crippen LogP contribution in [0.2, 0.25) is 0 Å². The highest BCUT2D eigenvalue weighted by Crippen LogP contribution is 2.47. The summed E-state index contributed by atoms with van der Waals surface area (Å²) in [6.45, 7) is 0. The summed E-state index contributed by atoms with van der Waals surface area (Å²) < 4.78 is 0. The van der Waals surface area contributed by atoms with Crippen LogP contribution in [0, 0.1) is 11.3 Å². The molecule has 2 rings (SSSR count). The molecular weight excluding hydrogens is 178 g/mol. The van der Waals surface area contributed by atoms with Gasteiger partial charge in [0.05, 0.1) is 17.0 Å². The van der Waals surface area contributed by atoms with Crippen LogP contribution in [-0.2, 0) is 5.41 Å². The first-order chi connectivity index (χ1) is 6.68. The maximum atomic E-state index is 10.6. The molecule has 1 aromatic rings. The van der Waals surface area contributed by atoms with Crippen molar-refractivity contribution in [1.29, 1.82) is 5.26 Å². The predicted molar refractivity (Wildman–Crippen MR) is 49.9 cm³/mol. The maximum absolute atomic E-state index is 10.6. The van der Waals surface area contributed by atoms with Gasteiger partial charge in [-0.25, -0.2) is 4.79 Å². The largest absolute Gasteiger partial charge is 0.478 e. The van der Waals surface area contributed by atoms with Crippen LogP contribution in [0.15, 0.2) is 24.3 Å². The van der Waals surface area contributed by atoms with Gasteiger partial charge < -0.3 is 5.11 Å². The Kier molecular flexibility index (Phi) is 1.78. The molecule has 0 saturated heterocycles. The molecule has 1 aliphatic rings. The van der Waals surface area contributed by atoms with Gasteiger partial charge in [0.2, 0.25) is 0 Å². The molecule has 0 aliphatic heterocycles. The van der Waals surface area contributed by atoms with Crippen LogP contribution in [0.5, 0.6) is 0 Å². The molecule has 1 N–H and O–H groups in total. The number of carbonyl (C=O) groups is 1. The topological polar surface area (TPSA) is 61.1 Å². The van der Waals surface area contributed by atoms with E-state index in [0.29, 0.717) is 0 Å². The number of nitrogens with zero attached hydrogens (tertiary/aromatic N) is 1. The number of hydrogen-bond donors (Lipinski definition) is 1. The van der Waals surface area contributed by atoms with Crippen molar-refractivity contribution in [2.75, 3.05) is 0 Å². The second-order valence-corrected chi connectivity index (χ2v) is 3.58. The van der Waals surface area contributed by atoms with Crippen molar-refractivity contribution in [2.45, 2.75) is 18.3 Å². The van der Waals surface area contributed by atoms with E-state index < -0.39 is 5.97 Å². The highest BCUT2D eigenvalue weighted by molar-refractivity contribution is 5.87. The van der Waals surface area contributed by atoms with Crippen molar-refractivity contribution in [3.05, 3.63) is 35.4 Å². The van der Waals surface area contributed by atoms with E-state index in [9.17, 15) is 4.79 Å². The summed E-state index contributed by atoms with van der Waals surface area (Å²) in [5.74, 6) is -0.932. The van der Waals surface area contributed by atoms with E-state index in [-0.39, 0.29) is 11.0 Å². The van der Waals surface area contributed by atoms with Gasteiger partial charge in [-0.2, -0.15) is 5.26 Å². The number of aromatic carboxylic acids is 1. The molecule has 1 aliphatic carbocycles. The van der Waals surface area contributed by atoms with Crippen LogP contribution < -0.4 is 0 Å². The van der Waals surface area contributed by atoms with Crippen molar-refractivity contribution >= 4 is 5.97 Å². The number of carboxylic acids is 1. The summed E-state index contributed by atoms with van der Waals surface area (Å²) in [5.41, 5.74) is 0.879. The second-order valence-electron chi connectivity index (χ2n) is 3.58. The van der Waals surface area contributed by atoms with Crippen LogP contribution >= 0.6 is 0 Å². The molecule has 0 radical (unpaired) electrons. The number of rotatable bonds is 2. The lowest BCUT2D eigenvalue weighted by Crippen LogP contribution is -2.03. The molecule has 1 fully saturated rings. The van der Waals surface area contributed by atoms with E-state index in [4.69, 9.17) is 10.4 Å². The Morgan fingerprint density at radius 3 is 2.29 bits per heavy atom. The van der Waals surface area contributed by atoms with Gasteiger partial charge >= 0.3 is 5.97 Å². The average Bonchev–Trinajstić information content (AvgIpc) is 2.99. The van der Waals surface area contributed by atoms with E-state index in [0.717, 1.165) is 18.4 Å². The van der Waals surface area contributed by atoms with E-state index >= 15 is 0 Å². The normalized spacial score (nSPS) is 17.1. The Hall–Kier alpha value is -1.82. The van der Waals surface area contributed by atoms with E-state index in [1.54, 1.807) is 24.3 Å². The molecule has 0 atom stereocenters. The van der Waals surface area contributed by atoms with Crippen LogP contribution in [0.4, 0.5) is 0 Å². The van der Waals surface area contributed by atoms with Gasteiger partial charge in [-0.15, -0.1) is 0 Å². The summed E-state index contributed by atoms with van der Waals surface area (Å²) in [6.07, 6.45) is 1.77. The summed E-state index contributed by atoms with van der Waals surface area (Å²) in [5, 5.41) is 17.6. The minimum Gasteiger partial charge on any atom is -0.478 e. The lowest BCUT2D eigenvalue weighted by atomic mass is 9.97. The average molecular weight is 187 g/mol. The third-order valence-electron chi connectivity index (χ3n) is 2.65. The van der Waals surface area contributed by atoms with Crippen molar-refractivity contribution in [3.63, 3.8) is 0 Å². The molecule has 14 heavy (non-hydrogen) atoms. The molecule has 3 nitrogen and oxygen atoms in total. The first-order valence-electron chi connectivity index (χ1n) is 4.43. The fraction of sp³-hybridized carbons (Fsp3) is 0.273. The van der Waals surface area contributed by atoms with Crippen LogP contribution in [0.25, 0.3) is 0 Å². The van der Waals surface area contributed by atoms with Crippen molar-refractivity contribution < 1.29 is 9.90 Å². The summed E-state index contributed by atoms with van der Waals surface area (Å²) in [7, 11) is 0. The summed E-state index contributed by atoms with van der Waals surface area (Å²) in [6, 6.07) is 8.84. The first kappa shape index (κ1) is 8.76. The quantitative estimate of drug-likeness (QED) is 0.769. The Morgan fingerprint density at radius 2 is 1.93 bits per heavy atom. The van der Waals surface area contributed by atoms with Crippen molar-refractivity contribution in [1.82, 2.24) is 0 Å². The smallest absolute Gasteiger partial charge is 0.335 e. The zero-order valence-corrected chi connectivity index (χ0v) is 7.53. The third-order valence-corrected chi connectivity index (χ3v) is 2.65. The monoisotopic (exact) mass is 187 g/mol. The molecule has 0 heterocycles. The standard InChI is InChI=1S/C11H9NO2/c12-7-11(5-6-11)9-3-1-8(2-4-9)10(13)14/h1-4H,5-6H2,(H,13,14). The van der Waals surface area contributed by atoms with Gasteiger partial charge in [-0.3, -0.25) is 0 Å². The number of hydrogen-bond acceptors (Lipinski definition) is 2. The van der Waals surface area contributed by atoms with E-state index in [1.807, 2.05) is 0 Å². The van der Waals surface area contributed by atoms with Crippen molar-refractivity contribution in [3.8, 4) is 6.07 Å². The third kappa shape index (κ3) is 1.25. The fourth-order valence-corrected chi connectivity index (χ4v) is 1.52. The molecule has 3 heteroatoms. The van der Waals surface area contributed by atoms with Crippen molar-refractivity contribution in [2.24, 2.45) is 0 Å². The Morgan fingerprint density at radius 1 is 1.36 bits per heavy atom. The lowest BCUT2D eigenvalue weighted by Gasteiger charge is -2.05. The molecule has 0 amide bonds. The van der Waals surface area contributed by atoms with Gasteiger partial charge in [0.15, 0.2) is 0 Å². The predicted octanol–water partition coefficient (Wildman–Crippen LogP) is 1.94. The van der Waals surface area contributed by atoms with Gasteiger partial charge in [0, 0.05) is 0 Å². The zero-order chi connectivity index (χ0) is 10.2. The molecule has 70 valence electrons. The lowest BCUT2D eigenvalue weighted by molar-refractivity contribution is 0.0697. The van der Waals surface area contributed by atoms with Gasteiger partial charge in [0.25, 0.3) is 0 Å². The summed E-state index contributed by atoms with van der Waals surface area (Å²) in [4.78, 5) is 10.6. The zero-order valence-electron chi connectivity index (χ0n) is 7.53. The Bertz CT molecular complexity index is 410. The van der Waals surface area contributed by atoms with Crippen LogP contribution in [0.1, 0.15) is 28.8 Å². The molecule has 1 aromatic carbocycles. The van der Waals surface area contributed by atoms with E-state index in [2.05, 4.69) is 6.07 Å². The second kappa shape index (κ2) is 2.85. The Labute approximate surface area is 81.6 Å². The molecule has 0 bridgehead atoms. The highest BCUT2D eigenvalue weighted by atomic mass is 16.4. The van der Waals surface area contributed by atoms with Gasteiger partial charge in [-0.05, 0) is 30.5 Å². The molecular formula is C11H9NO2. The minimum absolute atomic E-state index is 0.266. The number of nitriles is 1. The molecule has 0 aromatic heterocycles. The number of benzene rings is 1. The SMILES string of the molecule is N#CC1(c2ccc(C(=O)O)cc2)CC1. The fourth-order valence-electron chi connectivity index (χ4n) is 1.52. The maximum Gasteiger partial charge on any atom is 0.335 e. The number of carboxylic acid groups (broad SMARTS) is 1. The molecule has 0 unspecified atom stereocenters.